The van der Waals surface area contributed by atoms with Crippen molar-refractivity contribution in [1.29, 1.82) is 0 Å². The van der Waals surface area contributed by atoms with Crippen molar-refractivity contribution in [3.8, 4) is 5.75 Å². The Kier molecular flexibility index (Phi) is 6.02. The Morgan fingerprint density at radius 2 is 1.82 bits per heavy atom. The molecule has 172 valence electrons. The van der Waals surface area contributed by atoms with Crippen LogP contribution in [0.4, 0.5) is 17.2 Å². The molecule has 4 aromatic rings. The maximum atomic E-state index is 5.38. The number of nitrogens with zero attached hydrogens (tertiary/aromatic N) is 5. The molecule has 2 aromatic heterocycles. The predicted molar refractivity (Wildman–Crippen MR) is 135 cm³/mol. The van der Waals surface area contributed by atoms with Gasteiger partial charge in [0.05, 0.1) is 12.6 Å². The molecule has 1 aliphatic rings. The van der Waals surface area contributed by atoms with Crippen molar-refractivity contribution in [3.05, 3.63) is 48.7 Å². The molecule has 0 unspecified atom stereocenters. The zero-order valence-corrected chi connectivity index (χ0v) is 19.5. The van der Waals surface area contributed by atoms with Crippen LogP contribution in [-0.4, -0.2) is 85.5 Å². The van der Waals surface area contributed by atoms with Crippen molar-refractivity contribution in [2.45, 2.75) is 0 Å². The van der Waals surface area contributed by atoms with E-state index in [4.69, 9.17) is 9.72 Å². The third kappa shape index (κ3) is 4.58. The van der Waals surface area contributed by atoms with Crippen LogP contribution in [0.15, 0.2) is 48.7 Å². The minimum absolute atomic E-state index is 0.742. The van der Waals surface area contributed by atoms with E-state index in [9.17, 15) is 0 Å². The number of aromatic nitrogens is 3. The van der Waals surface area contributed by atoms with E-state index in [0.717, 1.165) is 78.3 Å². The average Bonchev–Trinajstić information content (AvgIpc) is 3.34. The molecular weight excluding hydrogens is 414 g/mol. The second-order valence-corrected chi connectivity index (χ2v) is 8.79. The Bertz CT molecular complexity index is 1230. The van der Waals surface area contributed by atoms with Gasteiger partial charge in [0.15, 0.2) is 5.82 Å². The van der Waals surface area contributed by atoms with E-state index < -0.39 is 0 Å². The van der Waals surface area contributed by atoms with E-state index in [1.807, 2.05) is 24.4 Å². The van der Waals surface area contributed by atoms with E-state index in [1.165, 1.54) is 5.69 Å². The third-order valence-corrected chi connectivity index (χ3v) is 6.32. The number of piperazine rings is 1. The molecule has 1 aliphatic heterocycles. The van der Waals surface area contributed by atoms with Crippen LogP contribution < -0.4 is 15.0 Å². The fourth-order valence-corrected chi connectivity index (χ4v) is 4.36. The van der Waals surface area contributed by atoms with Gasteiger partial charge in [-0.2, -0.15) is 5.10 Å². The molecule has 0 saturated carbocycles. The fraction of sp³-hybridized carbons (Fsp3) is 0.360. The number of aromatic amines is 1. The first kappa shape index (κ1) is 21.5. The summed E-state index contributed by atoms with van der Waals surface area (Å²) in [6.45, 7) is 6.58. The summed E-state index contributed by atoms with van der Waals surface area (Å²) in [6.07, 6.45) is 1.91. The first-order valence-electron chi connectivity index (χ1n) is 11.4. The molecule has 0 bridgehead atoms. The number of hydrogen-bond acceptors (Lipinski definition) is 7. The van der Waals surface area contributed by atoms with E-state index in [-0.39, 0.29) is 0 Å². The Morgan fingerprint density at radius 3 is 2.55 bits per heavy atom. The normalized spacial score (nSPS) is 15.0. The van der Waals surface area contributed by atoms with Gasteiger partial charge >= 0.3 is 0 Å². The summed E-state index contributed by atoms with van der Waals surface area (Å²) in [5.74, 6) is 1.55. The molecule has 5 rings (SSSR count). The summed E-state index contributed by atoms with van der Waals surface area (Å²) < 4.78 is 5.38. The van der Waals surface area contributed by atoms with Crippen LogP contribution in [0.2, 0.25) is 0 Å². The highest BCUT2D eigenvalue weighted by Gasteiger charge is 2.17. The Hall–Kier alpha value is -3.36. The van der Waals surface area contributed by atoms with Crippen molar-refractivity contribution in [3.63, 3.8) is 0 Å². The van der Waals surface area contributed by atoms with Crippen molar-refractivity contribution in [2.75, 3.05) is 70.7 Å². The van der Waals surface area contributed by atoms with Gasteiger partial charge in [-0.25, -0.2) is 4.98 Å². The minimum Gasteiger partial charge on any atom is -0.497 e. The molecule has 8 heteroatoms. The number of anilines is 3. The number of benzene rings is 2. The molecule has 0 radical (unpaired) electrons. The number of rotatable bonds is 7. The predicted octanol–water partition coefficient (Wildman–Crippen LogP) is 3.55. The molecule has 0 atom stereocenters. The lowest BCUT2D eigenvalue weighted by molar-refractivity contribution is 0.229. The number of likely N-dealkylation sites (N-methyl/N-ethyl adjacent to an activating group) is 1. The first-order valence-corrected chi connectivity index (χ1v) is 11.4. The number of hydrogen-bond donors (Lipinski definition) is 2. The zero-order valence-electron chi connectivity index (χ0n) is 19.5. The van der Waals surface area contributed by atoms with Crippen LogP contribution in [-0.2, 0) is 0 Å². The van der Waals surface area contributed by atoms with Crippen LogP contribution in [0.1, 0.15) is 0 Å². The SMILES string of the molecule is COc1ccc2nc(Nc3ccc(N4CCN(CCN(C)C)CC4)cc3)c3n[nH]cc3c2c1. The fourth-order valence-electron chi connectivity index (χ4n) is 4.36. The molecule has 0 aliphatic carbocycles. The van der Waals surface area contributed by atoms with Crippen LogP contribution >= 0.6 is 0 Å². The number of fused-ring (bicyclic) bond motifs is 3. The Labute approximate surface area is 194 Å². The number of ether oxygens (including phenoxy) is 1. The van der Waals surface area contributed by atoms with Gasteiger partial charge in [0.1, 0.15) is 11.3 Å². The van der Waals surface area contributed by atoms with Crippen LogP contribution in [0.5, 0.6) is 5.75 Å². The average molecular weight is 446 g/mol. The standard InChI is InChI=1S/C25H31N7O/c1-30(2)10-11-31-12-14-32(15-13-31)19-6-4-18(5-7-19)27-25-24-22(17-26-29-24)21-16-20(33-3)8-9-23(21)28-25/h4-9,16-17H,10-15H2,1-3H3,(H,26,29)(H,27,28). The molecular formula is C25H31N7O. The van der Waals surface area contributed by atoms with Crippen molar-refractivity contribution in [2.24, 2.45) is 0 Å². The summed E-state index contributed by atoms with van der Waals surface area (Å²) in [5.41, 5.74) is 3.97. The smallest absolute Gasteiger partial charge is 0.159 e. The molecule has 0 spiro atoms. The zero-order chi connectivity index (χ0) is 22.8. The number of H-pyrrole nitrogens is 1. The molecule has 33 heavy (non-hydrogen) atoms. The van der Waals surface area contributed by atoms with Crippen molar-refractivity contribution >= 4 is 39.0 Å². The van der Waals surface area contributed by atoms with Gasteiger partial charge in [0.2, 0.25) is 0 Å². The van der Waals surface area contributed by atoms with E-state index in [1.54, 1.807) is 7.11 Å². The summed E-state index contributed by atoms with van der Waals surface area (Å²) in [5, 5.41) is 12.9. The van der Waals surface area contributed by atoms with Crippen molar-refractivity contribution < 1.29 is 4.74 Å². The second-order valence-electron chi connectivity index (χ2n) is 8.79. The lowest BCUT2D eigenvalue weighted by Gasteiger charge is -2.36. The molecule has 0 amide bonds. The van der Waals surface area contributed by atoms with Crippen LogP contribution in [0.25, 0.3) is 21.8 Å². The maximum Gasteiger partial charge on any atom is 0.159 e. The minimum atomic E-state index is 0.742. The van der Waals surface area contributed by atoms with Gasteiger partial charge in [-0.05, 0) is 56.6 Å². The molecule has 2 aromatic carbocycles. The molecule has 8 nitrogen and oxygen atoms in total. The molecule has 2 N–H and O–H groups in total. The number of pyridine rings is 1. The van der Waals surface area contributed by atoms with Crippen molar-refractivity contribution in [1.82, 2.24) is 25.0 Å². The highest BCUT2D eigenvalue weighted by molar-refractivity contribution is 6.09. The Balaban J connectivity index is 1.30. The number of methoxy groups -OCH3 is 1. The molecule has 3 heterocycles. The maximum absolute atomic E-state index is 5.38. The molecule has 1 saturated heterocycles. The summed E-state index contributed by atoms with van der Waals surface area (Å²) in [6, 6.07) is 14.5. The van der Waals surface area contributed by atoms with Crippen LogP contribution in [0, 0.1) is 0 Å². The summed E-state index contributed by atoms with van der Waals surface area (Å²) >= 11 is 0. The molecule has 1 fully saturated rings. The first-order chi connectivity index (χ1) is 16.1. The van der Waals surface area contributed by atoms with Gasteiger partial charge in [0, 0.05) is 67.6 Å². The van der Waals surface area contributed by atoms with Gasteiger partial charge in [-0.15, -0.1) is 0 Å². The van der Waals surface area contributed by atoms with Gasteiger partial charge < -0.3 is 19.9 Å². The van der Waals surface area contributed by atoms with E-state index >= 15 is 0 Å². The lowest BCUT2D eigenvalue weighted by atomic mass is 10.1. The monoisotopic (exact) mass is 445 g/mol. The second kappa shape index (κ2) is 9.25. The van der Waals surface area contributed by atoms with Crippen LogP contribution in [0.3, 0.4) is 0 Å². The Morgan fingerprint density at radius 1 is 1.03 bits per heavy atom. The quantitative estimate of drug-likeness (QED) is 0.451. The van der Waals surface area contributed by atoms with E-state index in [0.29, 0.717) is 0 Å². The third-order valence-electron chi connectivity index (χ3n) is 6.32. The van der Waals surface area contributed by atoms with Gasteiger partial charge in [-0.1, -0.05) is 0 Å². The summed E-state index contributed by atoms with van der Waals surface area (Å²) in [7, 11) is 5.94. The highest BCUT2D eigenvalue weighted by atomic mass is 16.5. The summed E-state index contributed by atoms with van der Waals surface area (Å²) in [4.78, 5) is 12.1. The van der Waals surface area contributed by atoms with Gasteiger partial charge in [-0.3, -0.25) is 10.00 Å². The lowest BCUT2D eigenvalue weighted by Crippen LogP contribution is -2.48. The largest absolute Gasteiger partial charge is 0.497 e. The number of nitrogens with one attached hydrogen (secondary N) is 2. The van der Waals surface area contributed by atoms with E-state index in [2.05, 4.69) is 68.6 Å². The highest BCUT2D eigenvalue weighted by Crippen LogP contribution is 2.32. The van der Waals surface area contributed by atoms with Gasteiger partial charge in [0.25, 0.3) is 0 Å². The topological polar surface area (TPSA) is 72.6 Å².